The SMILES string of the molecule is CC(O)O.Cc1cccc(CN(Cc2cccc(C)n2)CC([O-])CN(Cc2cccc(C)n2)Cc2cccc(C)n2)n1.[Zn].[Zn]. The summed E-state index contributed by atoms with van der Waals surface area (Å²) in [6, 6.07) is 24.1. The number of aryl methyl sites for hydroxylation is 4. The van der Waals surface area contributed by atoms with E-state index in [4.69, 9.17) is 10.2 Å². The van der Waals surface area contributed by atoms with Crippen LogP contribution < -0.4 is 5.11 Å². The molecule has 0 aliphatic carbocycles. The van der Waals surface area contributed by atoms with Crippen molar-refractivity contribution in [1.82, 2.24) is 29.7 Å². The Morgan fingerprint density at radius 1 is 0.545 bits per heavy atom. The van der Waals surface area contributed by atoms with Crippen molar-refractivity contribution in [2.24, 2.45) is 0 Å². The first-order valence-corrected chi connectivity index (χ1v) is 14.2. The molecule has 44 heavy (non-hydrogen) atoms. The maximum atomic E-state index is 13.6. The number of hydrogen-bond donors (Lipinski definition) is 2. The molecule has 0 unspecified atom stereocenters. The minimum absolute atomic E-state index is 0. The number of pyridine rings is 4. The quantitative estimate of drug-likeness (QED) is 0.169. The first-order chi connectivity index (χ1) is 20.0. The molecule has 0 fully saturated rings. The Morgan fingerprint density at radius 2 is 0.773 bits per heavy atom. The molecule has 4 aromatic rings. The van der Waals surface area contributed by atoms with E-state index in [1.165, 1.54) is 6.92 Å². The molecule has 0 saturated heterocycles. The van der Waals surface area contributed by atoms with Crippen LogP contribution in [0.3, 0.4) is 0 Å². The minimum atomic E-state index is -1.17. The van der Waals surface area contributed by atoms with Gasteiger partial charge < -0.3 is 15.3 Å². The zero-order valence-corrected chi connectivity index (χ0v) is 32.7. The van der Waals surface area contributed by atoms with Gasteiger partial charge in [0.2, 0.25) is 0 Å². The fourth-order valence-corrected chi connectivity index (χ4v) is 4.67. The van der Waals surface area contributed by atoms with Crippen molar-refractivity contribution in [3.63, 3.8) is 0 Å². The molecule has 2 N–H and O–H groups in total. The second kappa shape index (κ2) is 20.6. The predicted molar refractivity (Wildman–Crippen MR) is 162 cm³/mol. The topological polar surface area (TPSA) is 122 Å². The standard InChI is InChI=1S/C31H37N6O.C2H6O2.2Zn/c1-23-9-5-13-27(32-23)17-36(18-28-14-6-10-24(2)33-28)21-31(38)22-37(19-29-15-7-11-25(3)34-29)20-30-16-8-12-26(4)35-30;1-2(3)4;;/h5-16,31H,17-22H2,1-4H3;2-4H,1H3;;/q-1;;;. The summed E-state index contributed by atoms with van der Waals surface area (Å²) in [6.45, 7) is 12.4. The molecule has 0 amide bonds. The molecule has 0 radical (unpaired) electrons. The van der Waals surface area contributed by atoms with E-state index in [1.54, 1.807) is 0 Å². The molecule has 4 rings (SSSR count). The van der Waals surface area contributed by atoms with Gasteiger partial charge in [0.25, 0.3) is 0 Å². The Hall–Kier alpha value is -2.35. The van der Waals surface area contributed by atoms with Gasteiger partial charge in [0.1, 0.15) is 6.29 Å². The van der Waals surface area contributed by atoms with Crippen molar-refractivity contribution in [2.45, 2.75) is 73.2 Å². The fraction of sp³-hybridized carbons (Fsp3) is 0.394. The van der Waals surface area contributed by atoms with Gasteiger partial charge in [-0.05, 0) is 96.2 Å². The molecular weight excluding hydrogens is 659 g/mol. The van der Waals surface area contributed by atoms with E-state index in [1.807, 2.05) is 100 Å². The smallest absolute Gasteiger partial charge is 0.148 e. The Labute approximate surface area is 287 Å². The van der Waals surface area contributed by atoms with E-state index in [9.17, 15) is 5.11 Å². The molecule has 9 nitrogen and oxygen atoms in total. The predicted octanol–water partition coefficient (Wildman–Crippen LogP) is 3.25. The first kappa shape index (κ1) is 39.7. The molecule has 11 heteroatoms. The maximum absolute atomic E-state index is 13.6. The van der Waals surface area contributed by atoms with Gasteiger partial charge in [0.05, 0.1) is 22.8 Å². The van der Waals surface area contributed by atoms with Crippen molar-refractivity contribution in [3.05, 3.63) is 118 Å². The maximum Gasteiger partial charge on any atom is 0.148 e. The van der Waals surface area contributed by atoms with Crippen LogP contribution in [0.1, 0.15) is 52.5 Å². The summed E-state index contributed by atoms with van der Waals surface area (Å²) < 4.78 is 0. The normalized spacial score (nSPS) is 10.8. The summed E-state index contributed by atoms with van der Waals surface area (Å²) in [5.74, 6) is 0. The van der Waals surface area contributed by atoms with Crippen molar-refractivity contribution in [3.8, 4) is 0 Å². The van der Waals surface area contributed by atoms with Gasteiger partial charge in [-0.1, -0.05) is 24.3 Å². The molecule has 0 bridgehead atoms. The van der Waals surface area contributed by atoms with Crippen LogP contribution in [0.15, 0.2) is 72.8 Å². The van der Waals surface area contributed by atoms with Crippen molar-refractivity contribution >= 4 is 0 Å². The average molecular weight is 703 g/mol. The number of hydrogen-bond acceptors (Lipinski definition) is 9. The van der Waals surface area contributed by atoms with Crippen molar-refractivity contribution in [2.75, 3.05) is 13.1 Å². The molecule has 0 saturated carbocycles. The molecule has 0 aromatic carbocycles. The van der Waals surface area contributed by atoms with Gasteiger partial charge in [-0.15, -0.1) is 6.10 Å². The Morgan fingerprint density at radius 3 is 0.977 bits per heavy atom. The fourth-order valence-electron chi connectivity index (χ4n) is 4.67. The van der Waals surface area contributed by atoms with Gasteiger partial charge in [-0.25, -0.2) is 0 Å². The molecule has 0 atom stereocenters. The largest absolute Gasteiger partial charge is 0.850 e. The van der Waals surface area contributed by atoms with Gasteiger partial charge in [-0.2, -0.15) is 0 Å². The van der Waals surface area contributed by atoms with E-state index in [0.29, 0.717) is 39.3 Å². The number of nitrogens with zero attached hydrogens (tertiary/aromatic N) is 6. The van der Waals surface area contributed by atoms with Crippen LogP contribution >= 0.6 is 0 Å². The second-order valence-electron chi connectivity index (χ2n) is 10.7. The van der Waals surface area contributed by atoms with E-state index >= 15 is 0 Å². The third-order valence-electron chi connectivity index (χ3n) is 6.25. The van der Waals surface area contributed by atoms with Crippen LogP contribution in [0, 0.1) is 27.7 Å². The Bertz CT molecular complexity index is 1200. The van der Waals surface area contributed by atoms with Crippen LogP contribution in [0.2, 0.25) is 0 Å². The van der Waals surface area contributed by atoms with E-state index in [2.05, 4.69) is 29.7 Å². The second-order valence-corrected chi connectivity index (χ2v) is 10.7. The molecule has 0 spiro atoms. The molecule has 0 aliphatic rings. The molecule has 228 valence electrons. The van der Waals surface area contributed by atoms with Crippen LogP contribution in [-0.4, -0.2) is 65.4 Å². The summed E-state index contributed by atoms with van der Waals surface area (Å²) in [5.41, 5.74) is 7.69. The monoisotopic (exact) mass is 699 g/mol. The third-order valence-corrected chi connectivity index (χ3v) is 6.25. The van der Waals surface area contributed by atoms with E-state index in [-0.39, 0.29) is 39.0 Å². The first-order valence-electron chi connectivity index (χ1n) is 14.2. The Balaban J connectivity index is 0.00000152. The van der Waals surface area contributed by atoms with Gasteiger partial charge >= 0.3 is 0 Å². The summed E-state index contributed by atoms with van der Waals surface area (Å²) in [7, 11) is 0. The zero-order chi connectivity index (χ0) is 30.5. The molecular formula is C33H43N6O3Zn2-. The van der Waals surface area contributed by atoms with E-state index < -0.39 is 12.4 Å². The number of aliphatic hydroxyl groups excluding tert-OH is 1. The van der Waals surface area contributed by atoms with Gasteiger partial charge in [0.15, 0.2) is 0 Å². The Kier molecular flexibility index (Phi) is 18.6. The number of aliphatic hydroxyl groups is 2. The number of rotatable bonds is 12. The number of aromatic nitrogens is 4. The zero-order valence-electron chi connectivity index (χ0n) is 26.7. The summed E-state index contributed by atoms with van der Waals surface area (Å²) in [4.78, 5) is 23.0. The molecule has 4 heterocycles. The third kappa shape index (κ3) is 15.6. The van der Waals surface area contributed by atoms with Crippen molar-refractivity contribution in [1.29, 1.82) is 0 Å². The van der Waals surface area contributed by atoms with Crippen LogP contribution in [0.25, 0.3) is 0 Å². The molecule has 4 aromatic heterocycles. The van der Waals surface area contributed by atoms with Crippen LogP contribution in [-0.2, 0) is 65.1 Å². The van der Waals surface area contributed by atoms with Crippen molar-refractivity contribution < 1.29 is 54.3 Å². The average Bonchev–Trinajstić information content (AvgIpc) is 2.88. The summed E-state index contributed by atoms with van der Waals surface area (Å²) in [6.07, 6.45) is -2.00. The minimum Gasteiger partial charge on any atom is -0.850 e. The van der Waals surface area contributed by atoms with Crippen LogP contribution in [0.5, 0.6) is 0 Å². The summed E-state index contributed by atoms with van der Waals surface area (Å²) in [5, 5.41) is 28.8. The van der Waals surface area contributed by atoms with Gasteiger partial charge in [0, 0.05) is 87.9 Å². The van der Waals surface area contributed by atoms with Crippen LogP contribution in [0.4, 0.5) is 0 Å². The van der Waals surface area contributed by atoms with Gasteiger partial charge in [-0.3, -0.25) is 29.7 Å². The van der Waals surface area contributed by atoms with E-state index in [0.717, 1.165) is 45.6 Å². The summed E-state index contributed by atoms with van der Waals surface area (Å²) >= 11 is 0. The molecule has 0 aliphatic heterocycles.